The summed E-state index contributed by atoms with van der Waals surface area (Å²) < 4.78 is 13.0. The Labute approximate surface area is 208 Å². The number of aromatic nitrogens is 2. The second-order valence-electron chi connectivity index (χ2n) is 8.00. The smallest absolute Gasteiger partial charge is 0.295 e. The van der Waals surface area contributed by atoms with Crippen LogP contribution in [-0.4, -0.2) is 51.5 Å². The fraction of sp³-hybridized carbons (Fsp3) is 0.269. The number of amides is 1. The lowest BCUT2D eigenvalue weighted by Crippen LogP contribution is -2.31. The molecule has 1 aromatic heterocycles. The van der Waals surface area contributed by atoms with Gasteiger partial charge in [-0.1, -0.05) is 17.7 Å². The number of nitrogens with zero attached hydrogens (tertiary/aromatic N) is 3. The third kappa shape index (κ3) is 5.02. The molecule has 2 aromatic carbocycles. The molecule has 8 nitrogen and oxygen atoms in total. The van der Waals surface area contributed by atoms with Gasteiger partial charge in [-0.05, 0) is 55.3 Å². The molecule has 1 saturated heterocycles. The SMILES string of the molecule is CCOc1ccc(C2/C(=C(/O)c3ccc(Cl)cc3)C(=O)C(=O)N2CCCn2ccnc2)cc1OC. The van der Waals surface area contributed by atoms with Gasteiger partial charge in [-0.25, -0.2) is 4.98 Å². The minimum atomic E-state index is -0.793. The standard InChI is InChI=1S/C26H26ClN3O5/c1-3-35-20-10-7-18(15-21(20)34-2)23-22(24(31)17-5-8-19(27)9-6-17)25(32)26(33)30(23)13-4-12-29-14-11-28-16-29/h5-11,14-16,23,31H,3-4,12-13H2,1-2H3/b24-22-. The van der Waals surface area contributed by atoms with Crippen LogP contribution in [0.5, 0.6) is 11.5 Å². The fourth-order valence-corrected chi connectivity index (χ4v) is 4.32. The van der Waals surface area contributed by atoms with Crippen molar-refractivity contribution in [3.8, 4) is 11.5 Å². The number of imidazole rings is 1. The summed E-state index contributed by atoms with van der Waals surface area (Å²) in [5, 5.41) is 11.7. The molecule has 4 rings (SSSR count). The van der Waals surface area contributed by atoms with Crippen molar-refractivity contribution in [2.24, 2.45) is 0 Å². The van der Waals surface area contributed by atoms with Crippen LogP contribution in [0.3, 0.4) is 0 Å². The van der Waals surface area contributed by atoms with Gasteiger partial charge in [-0.3, -0.25) is 9.59 Å². The van der Waals surface area contributed by atoms with Gasteiger partial charge >= 0.3 is 0 Å². The molecule has 35 heavy (non-hydrogen) atoms. The van der Waals surface area contributed by atoms with Crippen molar-refractivity contribution in [2.45, 2.75) is 25.9 Å². The lowest BCUT2D eigenvalue weighted by Gasteiger charge is -2.26. The molecule has 3 aromatic rings. The van der Waals surface area contributed by atoms with Crippen LogP contribution in [-0.2, 0) is 16.1 Å². The Morgan fingerprint density at radius 1 is 1.11 bits per heavy atom. The molecule has 1 aliphatic rings. The van der Waals surface area contributed by atoms with Crippen molar-refractivity contribution < 1.29 is 24.2 Å². The van der Waals surface area contributed by atoms with Crippen LogP contribution in [0.15, 0.2) is 66.8 Å². The van der Waals surface area contributed by atoms with Crippen LogP contribution >= 0.6 is 11.6 Å². The zero-order valence-electron chi connectivity index (χ0n) is 19.5. The lowest BCUT2D eigenvalue weighted by atomic mass is 9.95. The van der Waals surface area contributed by atoms with Crippen molar-refractivity contribution in [3.63, 3.8) is 0 Å². The Morgan fingerprint density at radius 3 is 2.54 bits per heavy atom. The van der Waals surface area contributed by atoms with Gasteiger partial charge in [0, 0.05) is 36.1 Å². The van der Waals surface area contributed by atoms with Crippen LogP contribution in [0, 0.1) is 0 Å². The number of hydrogen-bond donors (Lipinski definition) is 1. The Hall–Kier alpha value is -3.78. The number of benzene rings is 2. The summed E-state index contributed by atoms with van der Waals surface area (Å²) in [4.78, 5) is 31.9. The number of likely N-dealkylation sites (tertiary alicyclic amines) is 1. The van der Waals surface area contributed by atoms with Gasteiger partial charge in [-0.15, -0.1) is 0 Å². The molecule has 0 bridgehead atoms. The molecule has 1 unspecified atom stereocenters. The third-order valence-corrected chi connectivity index (χ3v) is 6.09. The lowest BCUT2D eigenvalue weighted by molar-refractivity contribution is -0.139. The first-order chi connectivity index (χ1) is 16.9. The minimum absolute atomic E-state index is 0.0196. The normalized spacial score (nSPS) is 17.1. The van der Waals surface area contributed by atoms with E-state index >= 15 is 0 Å². The van der Waals surface area contributed by atoms with E-state index in [-0.39, 0.29) is 11.3 Å². The molecular weight excluding hydrogens is 470 g/mol. The van der Waals surface area contributed by atoms with Crippen molar-refractivity contribution >= 4 is 29.1 Å². The Morgan fingerprint density at radius 2 is 1.89 bits per heavy atom. The van der Waals surface area contributed by atoms with E-state index in [1.807, 2.05) is 17.7 Å². The predicted molar refractivity (Wildman–Crippen MR) is 131 cm³/mol. The predicted octanol–water partition coefficient (Wildman–Crippen LogP) is 4.46. The highest BCUT2D eigenvalue weighted by Gasteiger charge is 2.46. The molecular formula is C26H26ClN3O5. The van der Waals surface area contributed by atoms with Crippen LogP contribution in [0.4, 0.5) is 0 Å². The minimum Gasteiger partial charge on any atom is -0.507 e. The summed E-state index contributed by atoms with van der Waals surface area (Å²) in [7, 11) is 1.53. The van der Waals surface area contributed by atoms with Gasteiger partial charge < -0.3 is 24.0 Å². The summed E-state index contributed by atoms with van der Waals surface area (Å²) in [6.45, 7) is 3.26. The Bertz CT molecular complexity index is 1240. The van der Waals surface area contributed by atoms with E-state index in [9.17, 15) is 14.7 Å². The number of carbonyl (C=O) groups excluding carboxylic acids is 2. The van der Waals surface area contributed by atoms with Gasteiger partial charge in [0.05, 0.1) is 31.7 Å². The second-order valence-corrected chi connectivity index (χ2v) is 8.43. The van der Waals surface area contributed by atoms with Gasteiger partial charge in [0.15, 0.2) is 11.5 Å². The van der Waals surface area contributed by atoms with E-state index in [0.717, 1.165) is 0 Å². The number of halogens is 1. The Kier molecular flexibility index (Phi) is 7.41. The van der Waals surface area contributed by atoms with Crippen LogP contribution in [0.1, 0.15) is 30.5 Å². The van der Waals surface area contributed by atoms with Crippen molar-refractivity contribution in [3.05, 3.63) is 82.9 Å². The van der Waals surface area contributed by atoms with E-state index in [4.69, 9.17) is 21.1 Å². The number of rotatable bonds is 9. The number of aliphatic hydroxyl groups is 1. The maximum Gasteiger partial charge on any atom is 0.295 e. The number of Topliss-reactive ketones (excluding diaryl/α,β-unsaturated/α-hetero) is 1. The molecule has 0 spiro atoms. The zero-order valence-corrected chi connectivity index (χ0v) is 20.2. The van der Waals surface area contributed by atoms with Crippen molar-refractivity contribution in [2.75, 3.05) is 20.3 Å². The molecule has 1 amide bonds. The molecule has 1 aliphatic heterocycles. The number of carbonyl (C=O) groups is 2. The molecule has 182 valence electrons. The summed E-state index contributed by atoms with van der Waals surface area (Å²) >= 11 is 5.99. The van der Waals surface area contributed by atoms with E-state index in [2.05, 4.69) is 4.98 Å². The van der Waals surface area contributed by atoms with E-state index in [1.54, 1.807) is 55.0 Å². The van der Waals surface area contributed by atoms with Crippen molar-refractivity contribution in [1.82, 2.24) is 14.5 Å². The third-order valence-electron chi connectivity index (χ3n) is 5.84. The highest BCUT2D eigenvalue weighted by atomic mass is 35.5. The number of aryl methyl sites for hydroxylation is 1. The van der Waals surface area contributed by atoms with E-state index < -0.39 is 17.7 Å². The van der Waals surface area contributed by atoms with Gasteiger partial charge in [-0.2, -0.15) is 0 Å². The van der Waals surface area contributed by atoms with Crippen LogP contribution < -0.4 is 9.47 Å². The number of ketones is 1. The molecule has 1 N–H and O–H groups in total. The van der Waals surface area contributed by atoms with E-state index in [0.29, 0.717) is 53.8 Å². The zero-order chi connectivity index (χ0) is 24.9. The van der Waals surface area contributed by atoms with Crippen molar-refractivity contribution in [1.29, 1.82) is 0 Å². The first kappa shape index (κ1) is 24.3. The summed E-state index contributed by atoms with van der Waals surface area (Å²) in [6.07, 6.45) is 5.81. The first-order valence-electron chi connectivity index (χ1n) is 11.3. The number of hydrogen-bond acceptors (Lipinski definition) is 6. The monoisotopic (exact) mass is 495 g/mol. The average Bonchev–Trinajstić information content (AvgIpc) is 3.47. The molecule has 0 saturated carbocycles. The molecule has 0 radical (unpaired) electrons. The average molecular weight is 496 g/mol. The largest absolute Gasteiger partial charge is 0.507 e. The van der Waals surface area contributed by atoms with Crippen LogP contribution in [0.25, 0.3) is 5.76 Å². The quantitative estimate of drug-likeness (QED) is 0.268. The maximum atomic E-state index is 13.2. The molecule has 0 aliphatic carbocycles. The first-order valence-corrected chi connectivity index (χ1v) is 11.6. The van der Waals surface area contributed by atoms with Gasteiger partial charge in [0.2, 0.25) is 0 Å². The summed E-state index contributed by atoms with van der Waals surface area (Å²) in [5.41, 5.74) is 1.04. The van der Waals surface area contributed by atoms with E-state index in [1.165, 1.54) is 12.0 Å². The number of methoxy groups -OCH3 is 1. The molecule has 1 atom stereocenters. The molecule has 1 fully saturated rings. The van der Waals surface area contributed by atoms with Gasteiger partial charge in [0.25, 0.3) is 11.7 Å². The molecule has 9 heteroatoms. The Balaban J connectivity index is 1.77. The summed E-state index contributed by atoms with van der Waals surface area (Å²) in [5.74, 6) is -0.634. The highest BCUT2D eigenvalue weighted by Crippen LogP contribution is 2.42. The topological polar surface area (TPSA) is 93.9 Å². The maximum absolute atomic E-state index is 13.2. The molecule has 2 heterocycles. The number of ether oxygens (including phenoxy) is 2. The number of aliphatic hydroxyl groups excluding tert-OH is 1. The van der Waals surface area contributed by atoms with Gasteiger partial charge in [0.1, 0.15) is 5.76 Å². The highest BCUT2D eigenvalue weighted by molar-refractivity contribution is 6.46. The second kappa shape index (κ2) is 10.7. The summed E-state index contributed by atoms with van der Waals surface area (Å²) in [6, 6.07) is 10.9. The van der Waals surface area contributed by atoms with Crippen LogP contribution in [0.2, 0.25) is 5.02 Å². The fourth-order valence-electron chi connectivity index (χ4n) is 4.19.